The molecule has 0 aliphatic heterocycles. The first-order valence-corrected chi connectivity index (χ1v) is 2.61. The van der Waals surface area contributed by atoms with E-state index in [1.165, 1.54) is 6.26 Å². The van der Waals surface area contributed by atoms with Gasteiger partial charge in [-0.05, 0) is 18.9 Å². The second kappa shape index (κ2) is 3.72. The molecule has 0 aromatic carbocycles. The molecule has 0 aliphatic carbocycles. The van der Waals surface area contributed by atoms with Crippen LogP contribution in [0.2, 0.25) is 0 Å². The van der Waals surface area contributed by atoms with E-state index in [9.17, 15) is 0 Å². The molecule has 1 heteroatoms. The number of rotatable bonds is 2. The van der Waals surface area contributed by atoms with Gasteiger partial charge in [-0.15, -0.1) is 0 Å². The smallest absolute Gasteiger partial charge is 0.0780 e. The van der Waals surface area contributed by atoms with Crippen molar-refractivity contribution >= 4 is 0 Å². The minimum Gasteiger partial charge on any atom is -0.516 e. The summed E-state index contributed by atoms with van der Waals surface area (Å²) < 4.78 is 0. The molecule has 0 rings (SSSR count). The van der Waals surface area contributed by atoms with E-state index in [0.717, 1.165) is 18.4 Å². The molecule has 0 aliphatic rings. The minimum absolute atomic E-state index is 1.01. The van der Waals surface area contributed by atoms with Gasteiger partial charge in [0.1, 0.15) is 0 Å². The quantitative estimate of drug-likeness (QED) is 0.527. The highest BCUT2D eigenvalue weighted by molar-refractivity contribution is 4.90. The molecule has 0 spiro atoms. The molecule has 0 unspecified atom stereocenters. The van der Waals surface area contributed by atoms with Gasteiger partial charge in [0.2, 0.25) is 0 Å². The summed E-state index contributed by atoms with van der Waals surface area (Å²) in [6.07, 6.45) is 3.29. The third kappa shape index (κ3) is 3.37. The SMILES string of the molecule is CCC/C(C)=C/O. The van der Waals surface area contributed by atoms with Gasteiger partial charge in [-0.3, -0.25) is 0 Å². The molecule has 0 radical (unpaired) electrons. The maximum Gasteiger partial charge on any atom is 0.0780 e. The molecule has 0 atom stereocenters. The van der Waals surface area contributed by atoms with Crippen molar-refractivity contribution in [3.63, 3.8) is 0 Å². The summed E-state index contributed by atoms with van der Waals surface area (Å²) >= 11 is 0. The van der Waals surface area contributed by atoms with Gasteiger partial charge < -0.3 is 5.11 Å². The highest BCUT2D eigenvalue weighted by atomic mass is 16.2. The van der Waals surface area contributed by atoms with Gasteiger partial charge >= 0.3 is 0 Å². The summed E-state index contributed by atoms with van der Waals surface area (Å²) in [5.74, 6) is 0. The number of aliphatic hydroxyl groups excluding tert-OH is 1. The predicted octanol–water partition coefficient (Wildman–Crippen LogP) is 2.25. The van der Waals surface area contributed by atoms with Gasteiger partial charge in [0.25, 0.3) is 0 Å². The number of allylic oxidation sites excluding steroid dienone is 1. The van der Waals surface area contributed by atoms with Gasteiger partial charge in [0.15, 0.2) is 0 Å². The van der Waals surface area contributed by atoms with E-state index in [4.69, 9.17) is 5.11 Å². The van der Waals surface area contributed by atoms with Gasteiger partial charge in [-0.25, -0.2) is 0 Å². The molecule has 0 aromatic rings. The molecule has 0 saturated carbocycles. The molecule has 1 N–H and O–H groups in total. The summed E-state index contributed by atoms with van der Waals surface area (Å²) in [6, 6.07) is 0. The highest BCUT2D eigenvalue weighted by Gasteiger charge is 1.81. The number of hydrogen-bond donors (Lipinski definition) is 1. The molecule has 7 heavy (non-hydrogen) atoms. The zero-order chi connectivity index (χ0) is 5.70. The van der Waals surface area contributed by atoms with E-state index in [1.54, 1.807) is 0 Å². The van der Waals surface area contributed by atoms with Gasteiger partial charge in [-0.1, -0.05) is 13.3 Å². The van der Waals surface area contributed by atoms with E-state index < -0.39 is 0 Å². The van der Waals surface area contributed by atoms with Crippen LogP contribution < -0.4 is 0 Å². The maximum absolute atomic E-state index is 8.30. The molecule has 0 fully saturated rings. The first-order chi connectivity index (χ1) is 3.31. The Hall–Kier alpha value is -0.460. The van der Waals surface area contributed by atoms with Crippen molar-refractivity contribution in [1.82, 2.24) is 0 Å². The fraction of sp³-hybridized carbons (Fsp3) is 0.667. The first kappa shape index (κ1) is 6.54. The Kier molecular flexibility index (Phi) is 3.48. The molecule has 0 amide bonds. The Morgan fingerprint density at radius 3 is 2.43 bits per heavy atom. The monoisotopic (exact) mass is 100 g/mol. The summed E-state index contributed by atoms with van der Waals surface area (Å²) in [6.45, 7) is 4.01. The van der Waals surface area contributed by atoms with Gasteiger partial charge in [0.05, 0.1) is 6.26 Å². The van der Waals surface area contributed by atoms with Crippen LogP contribution >= 0.6 is 0 Å². The van der Waals surface area contributed by atoms with Crippen LogP contribution in [0.25, 0.3) is 0 Å². The van der Waals surface area contributed by atoms with Crippen molar-refractivity contribution in [2.24, 2.45) is 0 Å². The lowest BCUT2D eigenvalue weighted by Gasteiger charge is -1.89. The Bertz CT molecular complexity index is 64.6. The van der Waals surface area contributed by atoms with Crippen LogP contribution in [0.5, 0.6) is 0 Å². The van der Waals surface area contributed by atoms with Crippen molar-refractivity contribution in [3.05, 3.63) is 11.8 Å². The van der Waals surface area contributed by atoms with Gasteiger partial charge in [0, 0.05) is 0 Å². The molecule has 0 heterocycles. The van der Waals surface area contributed by atoms with Crippen LogP contribution in [0.15, 0.2) is 11.8 Å². The zero-order valence-corrected chi connectivity index (χ0v) is 4.94. The maximum atomic E-state index is 8.30. The van der Waals surface area contributed by atoms with Gasteiger partial charge in [-0.2, -0.15) is 0 Å². The van der Waals surface area contributed by atoms with E-state index in [0.29, 0.717) is 0 Å². The fourth-order valence-corrected chi connectivity index (χ4v) is 0.459. The average molecular weight is 100 g/mol. The van der Waals surface area contributed by atoms with Crippen molar-refractivity contribution in [3.8, 4) is 0 Å². The summed E-state index contributed by atoms with van der Waals surface area (Å²) in [7, 11) is 0. The normalized spacial score (nSPS) is 12.0. The predicted molar refractivity (Wildman–Crippen MR) is 31.3 cm³/mol. The zero-order valence-electron chi connectivity index (χ0n) is 4.94. The van der Waals surface area contributed by atoms with E-state index in [1.807, 2.05) is 6.92 Å². The minimum atomic E-state index is 1.01. The van der Waals surface area contributed by atoms with Crippen LogP contribution in [0.3, 0.4) is 0 Å². The lowest BCUT2D eigenvalue weighted by atomic mass is 10.2. The molecular formula is C6H12O. The molecule has 42 valence electrons. The van der Waals surface area contributed by atoms with E-state index in [2.05, 4.69) is 6.92 Å². The second-order valence-electron chi connectivity index (χ2n) is 1.73. The van der Waals surface area contributed by atoms with Crippen LogP contribution in [-0.2, 0) is 0 Å². The third-order valence-electron chi connectivity index (χ3n) is 0.865. The first-order valence-electron chi connectivity index (χ1n) is 2.61. The standard InChI is InChI=1S/C6H12O/c1-3-4-6(2)5-7/h5,7H,3-4H2,1-2H3/b6-5+. The van der Waals surface area contributed by atoms with E-state index in [-0.39, 0.29) is 0 Å². The Labute approximate surface area is 44.7 Å². The van der Waals surface area contributed by atoms with Crippen molar-refractivity contribution in [2.45, 2.75) is 26.7 Å². The highest BCUT2D eigenvalue weighted by Crippen LogP contribution is 1.99. The van der Waals surface area contributed by atoms with Crippen LogP contribution in [0.4, 0.5) is 0 Å². The molecule has 1 nitrogen and oxygen atoms in total. The molecule has 0 bridgehead atoms. The number of aliphatic hydroxyl groups is 1. The molecular weight excluding hydrogens is 88.1 g/mol. The molecule has 0 aromatic heterocycles. The summed E-state index contributed by atoms with van der Waals surface area (Å²) in [4.78, 5) is 0. The Morgan fingerprint density at radius 2 is 2.29 bits per heavy atom. The Balaban J connectivity index is 3.17. The molecule has 0 saturated heterocycles. The number of hydrogen-bond acceptors (Lipinski definition) is 1. The van der Waals surface area contributed by atoms with Crippen molar-refractivity contribution < 1.29 is 5.11 Å². The fourth-order valence-electron chi connectivity index (χ4n) is 0.459. The van der Waals surface area contributed by atoms with Crippen LogP contribution in [0, 0.1) is 0 Å². The van der Waals surface area contributed by atoms with Crippen LogP contribution in [-0.4, -0.2) is 5.11 Å². The lowest BCUT2D eigenvalue weighted by molar-refractivity contribution is 0.464. The average Bonchev–Trinajstić information content (AvgIpc) is 1.68. The summed E-state index contributed by atoms with van der Waals surface area (Å²) in [5, 5.41) is 8.30. The second-order valence-corrected chi connectivity index (χ2v) is 1.73. The van der Waals surface area contributed by atoms with Crippen molar-refractivity contribution in [2.75, 3.05) is 0 Å². The summed E-state index contributed by atoms with van der Waals surface area (Å²) in [5.41, 5.74) is 1.06. The van der Waals surface area contributed by atoms with Crippen molar-refractivity contribution in [1.29, 1.82) is 0 Å². The van der Waals surface area contributed by atoms with E-state index >= 15 is 0 Å². The largest absolute Gasteiger partial charge is 0.516 e. The Morgan fingerprint density at radius 1 is 1.71 bits per heavy atom. The lowest BCUT2D eigenvalue weighted by Crippen LogP contribution is -1.71. The van der Waals surface area contributed by atoms with Crippen LogP contribution in [0.1, 0.15) is 26.7 Å². The third-order valence-corrected chi connectivity index (χ3v) is 0.865. The topological polar surface area (TPSA) is 20.2 Å².